The molecule has 0 unspecified atom stereocenters. The van der Waals surface area contributed by atoms with Crippen LogP contribution in [0.3, 0.4) is 0 Å². The second-order valence-electron chi connectivity index (χ2n) is 6.15. The van der Waals surface area contributed by atoms with Crippen molar-refractivity contribution in [2.75, 3.05) is 33.2 Å². The van der Waals surface area contributed by atoms with Crippen LogP contribution in [-0.4, -0.2) is 48.6 Å². The maximum absolute atomic E-state index is 2.67. The third-order valence-corrected chi connectivity index (χ3v) is 3.95. The van der Waals surface area contributed by atoms with Gasteiger partial charge in [-0.2, -0.15) is 0 Å². The minimum Gasteiger partial charge on any atom is -0.306 e. The molecule has 2 rings (SSSR count). The standard InChI is InChI=1S/C12H24N2/c1-12(2,3)14-8-10-5-6-13(4)7-11(10)9-14/h10-11H,5-9H2,1-4H3/t10-,11-/m1/s1. The van der Waals surface area contributed by atoms with Crippen LogP contribution in [0.5, 0.6) is 0 Å². The topological polar surface area (TPSA) is 6.48 Å². The number of fused-ring (bicyclic) bond motifs is 1. The largest absolute Gasteiger partial charge is 0.306 e. The van der Waals surface area contributed by atoms with Gasteiger partial charge < -0.3 is 4.90 Å². The molecular formula is C12H24N2. The lowest BCUT2D eigenvalue weighted by molar-refractivity contribution is 0.163. The van der Waals surface area contributed by atoms with Crippen molar-refractivity contribution in [1.82, 2.24) is 9.80 Å². The van der Waals surface area contributed by atoms with Crippen LogP contribution in [0.1, 0.15) is 27.2 Å². The van der Waals surface area contributed by atoms with E-state index in [9.17, 15) is 0 Å². The van der Waals surface area contributed by atoms with Gasteiger partial charge in [-0.25, -0.2) is 0 Å². The Hall–Kier alpha value is -0.0800. The Labute approximate surface area is 88.3 Å². The van der Waals surface area contributed by atoms with Gasteiger partial charge in [0, 0.05) is 25.2 Å². The van der Waals surface area contributed by atoms with Gasteiger partial charge >= 0.3 is 0 Å². The van der Waals surface area contributed by atoms with E-state index in [2.05, 4.69) is 37.6 Å². The van der Waals surface area contributed by atoms with Gasteiger partial charge in [-0.3, -0.25) is 4.90 Å². The third kappa shape index (κ3) is 1.96. The van der Waals surface area contributed by atoms with Crippen molar-refractivity contribution in [1.29, 1.82) is 0 Å². The summed E-state index contributed by atoms with van der Waals surface area (Å²) in [6.07, 6.45) is 1.41. The van der Waals surface area contributed by atoms with Crippen LogP contribution in [0.15, 0.2) is 0 Å². The fourth-order valence-electron chi connectivity index (χ4n) is 2.90. The number of nitrogens with zero attached hydrogens (tertiary/aromatic N) is 2. The van der Waals surface area contributed by atoms with E-state index in [1.165, 1.54) is 32.6 Å². The zero-order chi connectivity index (χ0) is 10.3. The SMILES string of the molecule is CN1CC[C@@H]2CN(C(C)(C)C)C[C@H]2C1. The highest BCUT2D eigenvalue weighted by Gasteiger charge is 2.39. The first kappa shape index (κ1) is 10.4. The molecule has 0 N–H and O–H groups in total. The minimum atomic E-state index is 0.371. The van der Waals surface area contributed by atoms with Crippen molar-refractivity contribution in [3.05, 3.63) is 0 Å². The fraction of sp³-hybridized carbons (Fsp3) is 1.00. The summed E-state index contributed by atoms with van der Waals surface area (Å²) in [5, 5.41) is 0. The van der Waals surface area contributed by atoms with Crippen molar-refractivity contribution in [2.45, 2.75) is 32.7 Å². The average molecular weight is 196 g/mol. The maximum atomic E-state index is 2.67. The molecule has 2 atom stereocenters. The molecule has 0 bridgehead atoms. The quantitative estimate of drug-likeness (QED) is 0.581. The number of hydrogen-bond donors (Lipinski definition) is 0. The van der Waals surface area contributed by atoms with Gasteiger partial charge in [0.1, 0.15) is 0 Å². The first-order chi connectivity index (χ1) is 6.47. The van der Waals surface area contributed by atoms with Gasteiger partial charge in [-0.1, -0.05) is 0 Å². The summed E-state index contributed by atoms with van der Waals surface area (Å²) in [6, 6.07) is 0. The number of rotatable bonds is 0. The van der Waals surface area contributed by atoms with Crippen LogP contribution >= 0.6 is 0 Å². The predicted molar refractivity (Wildman–Crippen MR) is 60.4 cm³/mol. The monoisotopic (exact) mass is 196 g/mol. The van der Waals surface area contributed by atoms with Gasteiger partial charge in [0.15, 0.2) is 0 Å². The summed E-state index contributed by atoms with van der Waals surface area (Å²) in [5.74, 6) is 1.92. The van der Waals surface area contributed by atoms with Gasteiger partial charge in [0.2, 0.25) is 0 Å². The normalized spacial score (nSPS) is 36.0. The summed E-state index contributed by atoms with van der Waals surface area (Å²) in [4.78, 5) is 5.16. The second-order valence-corrected chi connectivity index (χ2v) is 6.15. The summed E-state index contributed by atoms with van der Waals surface area (Å²) in [5.41, 5.74) is 0.371. The Morgan fingerprint density at radius 1 is 1.00 bits per heavy atom. The van der Waals surface area contributed by atoms with Gasteiger partial charge in [-0.15, -0.1) is 0 Å². The van der Waals surface area contributed by atoms with E-state index in [-0.39, 0.29) is 0 Å². The van der Waals surface area contributed by atoms with Crippen LogP contribution in [0.4, 0.5) is 0 Å². The molecule has 2 saturated heterocycles. The summed E-state index contributed by atoms with van der Waals surface area (Å²) < 4.78 is 0. The molecule has 0 spiro atoms. The lowest BCUT2D eigenvalue weighted by Gasteiger charge is -2.32. The van der Waals surface area contributed by atoms with Gasteiger partial charge in [0.05, 0.1) is 0 Å². The molecule has 0 radical (unpaired) electrons. The molecule has 0 aliphatic carbocycles. The molecule has 14 heavy (non-hydrogen) atoms. The van der Waals surface area contributed by atoms with E-state index in [1.807, 2.05) is 0 Å². The van der Waals surface area contributed by atoms with Crippen LogP contribution in [0.2, 0.25) is 0 Å². The first-order valence-electron chi connectivity index (χ1n) is 5.90. The Morgan fingerprint density at radius 2 is 1.64 bits per heavy atom. The number of piperidine rings is 1. The van der Waals surface area contributed by atoms with E-state index < -0.39 is 0 Å². The highest BCUT2D eigenvalue weighted by Crippen LogP contribution is 2.34. The summed E-state index contributed by atoms with van der Waals surface area (Å²) in [7, 11) is 2.26. The molecule has 0 amide bonds. The molecule has 2 fully saturated rings. The minimum absolute atomic E-state index is 0.371. The van der Waals surface area contributed by atoms with Crippen molar-refractivity contribution in [2.24, 2.45) is 11.8 Å². The Balaban J connectivity index is 1.99. The van der Waals surface area contributed by atoms with Gasteiger partial charge in [-0.05, 0) is 52.6 Å². The fourth-order valence-corrected chi connectivity index (χ4v) is 2.90. The Kier molecular flexibility index (Phi) is 2.61. The van der Waals surface area contributed by atoms with Crippen molar-refractivity contribution >= 4 is 0 Å². The summed E-state index contributed by atoms with van der Waals surface area (Å²) >= 11 is 0. The highest BCUT2D eigenvalue weighted by molar-refractivity contribution is 4.93. The average Bonchev–Trinajstić information content (AvgIpc) is 2.45. The van der Waals surface area contributed by atoms with E-state index in [0.29, 0.717) is 5.54 Å². The lowest BCUT2D eigenvalue weighted by Crippen LogP contribution is -2.40. The Bertz CT molecular complexity index is 207. The van der Waals surface area contributed by atoms with E-state index in [4.69, 9.17) is 0 Å². The second kappa shape index (κ2) is 3.49. The zero-order valence-corrected chi connectivity index (χ0v) is 10.1. The van der Waals surface area contributed by atoms with E-state index in [0.717, 1.165) is 11.8 Å². The Morgan fingerprint density at radius 3 is 2.29 bits per heavy atom. The maximum Gasteiger partial charge on any atom is 0.0125 e. The molecular weight excluding hydrogens is 172 g/mol. The van der Waals surface area contributed by atoms with E-state index >= 15 is 0 Å². The van der Waals surface area contributed by atoms with Crippen LogP contribution < -0.4 is 0 Å². The molecule has 2 aliphatic rings. The molecule has 0 aromatic heterocycles. The molecule has 2 aliphatic heterocycles. The lowest BCUT2D eigenvalue weighted by atomic mass is 9.89. The molecule has 2 heteroatoms. The molecule has 0 aromatic rings. The first-order valence-corrected chi connectivity index (χ1v) is 5.90. The van der Waals surface area contributed by atoms with Crippen LogP contribution in [0, 0.1) is 11.8 Å². The molecule has 82 valence electrons. The molecule has 0 aromatic carbocycles. The smallest absolute Gasteiger partial charge is 0.0125 e. The molecule has 2 heterocycles. The van der Waals surface area contributed by atoms with Crippen molar-refractivity contribution in [3.63, 3.8) is 0 Å². The van der Waals surface area contributed by atoms with Crippen LogP contribution in [0.25, 0.3) is 0 Å². The predicted octanol–water partition coefficient (Wildman–Crippen LogP) is 1.67. The molecule has 2 nitrogen and oxygen atoms in total. The van der Waals surface area contributed by atoms with Crippen molar-refractivity contribution < 1.29 is 0 Å². The molecule has 0 saturated carbocycles. The number of hydrogen-bond acceptors (Lipinski definition) is 2. The van der Waals surface area contributed by atoms with Crippen LogP contribution in [-0.2, 0) is 0 Å². The highest BCUT2D eigenvalue weighted by atomic mass is 15.2. The van der Waals surface area contributed by atoms with Gasteiger partial charge in [0.25, 0.3) is 0 Å². The van der Waals surface area contributed by atoms with E-state index in [1.54, 1.807) is 0 Å². The summed E-state index contributed by atoms with van der Waals surface area (Å²) in [6.45, 7) is 12.3. The zero-order valence-electron chi connectivity index (χ0n) is 10.1. The number of likely N-dealkylation sites (tertiary alicyclic amines) is 2. The third-order valence-electron chi connectivity index (χ3n) is 3.95. The van der Waals surface area contributed by atoms with Crippen molar-refractivity contribution in [3.8, 4) is 0 Å².